The Bertz CT molecular complexity index is 554. The van der Waals surface area contributed by atoms with E-state index in [9.17, 15) is 4.79 Å². The average Bonchev–Trinajstić information content (AvgIpc) is 2.74. The van der Waals surface area contributed by atoms with Gasteiger partial charge in [0.1, 0.15) is 0 Å². The quantitative estimate of drug-likeness (QED) is 0.929. The van der Waals surface area contributed by atoms with Gasteiger partial charge in [-0.15, -0.1) is 0 Å². The number of rotatable bonds is 4. The first kappa shape index (κ1) is 14.3. The molecule has 4 bridgehead atoms. The van der Waals surface area contributed by atoms with Gasteiger partial charge in [0.05, 0.1) is 6.20 Å². The topological polar surface area (TPSA) is 46.9 Å². The Morgan fingerprint density at radius 1 is 1.27 bits per heavy atom. The van der Waals surface area contributed by atoms with E-state index in [-0.39, 0.29) is 5.91 Å². The molecule has 1 N–H and O–H groups in total. The molecule has 22 heavy (non-hydrogen) atoms. The monoisotopic (exact) mass is 301 g/mol. The van der Waals surface area contributed by atoms with E-state index in [0.29, 0.717) is 12.0 Å². The lowest BCUT2D eigenvalue weighted by molar-refractivity contribution is -0.129. The van der Waals surface area contributed by atoms with Gasteiger partial charge in [-0.1, -0.05) is 0 Å². The summed E-state index contributed by atoms with van der Waals surface area (Å²) in [5.41, 5.74) is 2.60. The van der Waals surface area contributed by atoms with Crippen molar-refractivity contribution in [3.63, 3.8) is 0 Å². The summed E-state index contributed by atoms with van der Waals surface area (Å²) in [6.45, 7) is 2.67. The largest absolute Gasteiger partial charge is 0.352 e. The lowest BCUT2D eigenvalue weighted by Gasteiger charge is -2.56. The molecule has 0 spiro atoms. The van der Waals surface area contributed by atoms with Gasteiger partial charge >= 0.3 is 0 Å². The second kappa shape index (κ2) is 5.10. The van der Waals surface area contributed by atoms with Crippen molar-refractivity contribution in [1.82, 2.24) is 15.1 Å². The molecule has 4 aliphatic rings. The Labute approximate surface area is 132 Å². The number of nitrogens with one attached hydrogen (secondary N) is 1. The first-order valence-electron chi connectivity index (χ1n) is 8.77. The number of amides is 1. The number of aryl methyl sites for hydroxylation is 1. The number of hydrogen-bond acceptors (Lipinski definition) is 2. The molecule has 1 aromatic heterocycles. The van der Waals surface area contributed by atoms with Gasteiger partial charge in [-0.2, -0.15) is 5.10 Å². The first-order chi connectivity index (χ1) is 10.5. The third kappa shape index (κ3) is 2.46. The Kier molecular flexibility index (Phi) is 3.31. The predicted octanol–water partition coefficient (Wildman–Crippen LogP) is 2.95. The highest BCUT2D eigenvalue weighted by atomic mass is 16.1. The van der Waals surface area contributed by atoms with Crippen LogP contribution in [0, 0.1) is 30.1 Å². The van der Waals surface area contributed by atoms with Crippen LogP contribution >= 0.6 is 0 Å². The van der Waals surface area contributed by atoms with Crippen molar-refractivity contribution in [3.8, 4) is 0 Å². The van der Waals surface area contributed by atoms with Crippen LogP contribution < -0.4 is 5.32 Å². The van der Waals surface area contributed by atoms with E-state index in [1.165, 1.54) is 38.5 Å². The molecule has 1 aromatic rings. The molecule has 4 nitrogen and oxygen atoms in total. The van der Waals surface area contributed by atoms with Crippen molar-refractivity contribution in [3.05, 3.63) is 17.5 Å². The second-order valence-electron chi connectivity index (χ2n) is 8.25. The van der Waals surface area contributed by atoms with E-state index < -0.39 is 0 Å². The molecule has 0 radical (unpaired) electrons. The van der Waals surface area contributed by atoms with Crippen LogP contribution in [0.4, 0.5) is 0 Å². The zero-order chi connectivity index (χ0) is 15.3. The molecule has 0 aromatic carbocycles. The van der Waals surface area contributed by atoms with Crippen molar-refractivity contribution in [2.24, 2.45) is 30.2 Å². The molecule has 0 saturated heterocycles. The fourth-order valence-corrected chi connectivity index (χ4v) is 5.82. The summed E-state index contributed by atoms with van der Waals surface area (Å²) in [5, 5.41) is 7.38. The molecule has 1 amide bonds. The van der Waals surface area contributed by atoms with Gasteiger partial charge in [0, 0.05) is 31.3 Å². The number of carbonyl (C=O) groups is 1. The number of carbonyl (C=O) groups excluding carboxylic acids is 1. The third-order valence-corrected chi connectivity index (χ3v) is 6.51. The van der Waals surface area contributed by atoms with Crippen LogP contribution in [0.25, 0.3) is 0 Å². The SMILES string of the molecule is Cc1c(CNC(=O)CC23CC4CC(CC(C4)C2)C3)cnn1C. The lowest BCUT2D eigenvalue weighted by atomic mass is 9.49. The molecule has 5 rings (SSSR count). The van der Waals surface area contributed by atoms with E-state index in [0.717, 1.165) is 35.4 Å². The summed E-state index contributed by atoms with van der Waals surface area (Å²) in [5.74, 6) is 2.99. The van der Waals surface area contributed by atoms with Gasteiger partial charge in [-0.05, 0) is 68.6 Å². The van der Waals surface area contributed by atoms with Crippen LogP contribution in [0.1, 0.15) is 56.2 Å². The highest BCUT2D eigenvalue weighted by molar-refractivity contribution is 5.76. The first-order valence-corrected chi connectivity index (χ1v) is 8.77. The molecule has 0 aliphatic heterocycles. The van der Waals surface area contributed by atoms with Gasteiger partial charge in [-0.3, -0.25) is 9.48 Å². The van der Waals surface area contributed by atoms with E-state index >= 15 is 0 Å². The van der Waals surface area contributed by atoms with Crippen molar-refractivity contribution in [2.75, 3.05) is 0 Å². The Morgan fingerprint density at radius 3 is 2.36 bits per heavy atom. The van der Waals surface area contributed by atoms with Gasteiger partial charge < -0.3 is 5.32 Å². The molecule has 4 aliphatic carbocycles. The van der Waals surface area contributed by atoms with Crippen LogP contribution in [-0.4, -0.2) is 15.7 Å². The summed E-state index contributed by atoms with van der Waals surface area (Å²) >= 11 is 0. The summed E-state index contributed by atoms with van der Waals surface area (Å²) in [7, 11) is 1.94. The fraction of sp³-hybridized carbons (Fsp3) is 0.778. The molecule has 4 heteroatoms. The molecule has 1 heterocycles. The van der Waals surface area contributed by atoms with Crippen LogP contribution in [0.5, 0.6) is 0 Å². The van der Waals surface area contributed by atoms with E-state index in [4.69, 9.17) is 0 Å². The molecule has 4 fully saturated rings. The minimum atomic E-state index is 0.241. The Morgan fingerprint density at radius 2 is 1.86 bits per heavy atom. The molecule has 0 atom stereocenters. The number of nitrogens with zero attached hydrogens (tertiary/aromatic N) is 2. The van der Waals surface area contributed by atoms with Crippen LogP contribution in [0.2, 0.25) is 0 Å². The van der Waals surface area contributed by atoms with Gasteiger partial charge in [0.25, 0.3) is 0 Å². The van der Waals surface area contributed by atoms with Crippen molar-refractivity contribution in [1.29, 1.82) is 0 Å². The minimum Gasteiger partial charge on any atom is -0.352 e. The zero-order valence-electron chi connectivity index (χ0n) is 13.8. The maximum Gasteiger partial charge on any atom is 0.220 e. The Balaban J connectivity index is 1.37. The highest BCUT2D eigenvalue weighted by Gasteiger charge is 2.51. The molecule has 0 unspecified atom stereocenters. The summed E-state index contributed by atoms with van der Waals surface area (Å²) in [6, 6.07) is 0. The summed E-state index contributed by atoms with van der Waals surface area (Å²) in [6.07, 6.45) is 10.8. The Hall–Kier alpha value is -1.32. The van der Waals surface area contributed by atoms with Gasteiger partial charge in [0.2, 0.25) is 5.91 Å². The van der Waals surface area contributed by atoms with Crippen LogP contribution in [0.3, 0.4) is 0 Å². The zero-order valence-corrected chi connectivity index (χ0v) is 13.8. The molecule has 120 valence electrons. The smallest absolute Gasteiger partial charge is 0.220 e. The number of hydrogen-bond donors (Lipinski definition) is 1. The number of aromatic nitrogens is 2. The van der Waals surface area contributed by atoms with E-state index in [2.05, 4.69) is 10.4 Å². The summed E-state index contributed by atoms with van der Waals surface area (Å²) in [4.78, 5) is 12.5. The van der Waals surface area contributed by atoms with Crippen molar-refractivity contribution < 1.29 is 4.79 Å². The average molecular weight is 301 g/mol. The van der Waals surface area contributed by atoms with Gasteiger partial charge in [-0.25, -0.2) is 0 Å². The standard InChI is InChI=1S/C18H27N3O/c1-12-16(11-20-21(12)2)10-19-17(22)9-18-6-13-3-14(7-18)5-15(4-13)8-18/h11,13-15H,3-10H2,1-2H3,(H,19,22). The highest BCUT2D eigenvalue weighted by Crippen LogP contribution is 2.61. The maximum atomic E-state index is 12.5. The third-order valence-electron chi connectivity index (χ3n) is 6.51. The maximum absolute atomic E-state index is 12.5. The van der Waals surface area contributed by atoms with Crippen molar-refractivity contribution in [2.45, 2.75) is 58.4 Å². The molecular formula is C18H27N3O. The second-order valence-corrected chi connectivity index (χ2v) is 8.25. The normalized spacial score (nSPS) is 35.8. The van der Waals surface area contributed by atoms with Crippen LogP contribution in [-0.2, 0) is 18.4 Å². The predicted molar refractivity (Wildman–Crippen MR) is 85.0 cm³/mol. The molecular weight excluding hydrogens is 274 g/mol. The minimum absolute atomic E-state index is 0.241. The fourth-order valence-electron chi connectivity index (χ4n) is 5.82. The van der Waals surface area contributed by atoms with E-state index in [1.54, 1.807) is 0 Å². The summed E-state index contributed by atoms with van der Waals surface area (Å²) < 4.78 is 1.86. The van der Waals surface area contributed by atoms with E-state index in [1.807, 2.05) is 24.9 Å². The van der Waals surface area contributed by atoms with Crippen molar-refractivity contribution >= 4 is 5.91 Å². The van der Waals surface area contributed by atoms with Gasteiger partial charge in [0.15, 0.2) is 0 Å². The lowest BCUT2D eigenvalue weighted by Crippen LogP contribution is -2.47. The molecule has 4 saturated carbocycles. The van der Waals surface area contributed by atoms with Crippen LogP contribution in [0.15, 0.2) is 6.20 Å².